The first kappa shape index (κ1) is 23.2. The highest BCUT2D eigenvalue weighted by Crippen LogP contribution is 2.69. The molecule has 4 saturated carbocycles. The Kier molecular flexibility index (Phi) is 6.20. The molecule has 0 aromatic carbocycles. The predicted molar refractivity (Wildman–Crippen MR) is 134 cm³/mol. The van der Waals surface area contributed by atoms with Crippen LogP contribution in [0.5, 0.6) is 0 Å². The Morgan fingerprint density at radius 3 is 2.38 bits per heavy atom. The van der Waals surface area contributed by atoms with Crippen LogP contribution in [0.3, 0.4) is 0 Å². The summed E-state index contributed by atoms with van der Waals surface area (Å²) in [5, 5.41) is 0. The molecule has 1 heteroatoms. The van der Waals surface area contributed by atoms with Crippen molar-refractivity contribution in [3.05, 3.63) is 11.6 Å². The van der Waals surface area contributed by atoms with E-state index in [-0.39, 0.29) is 0 Å². The van der Waals surface area contributed by atoms with E-state index in [0.717, 1.165) is 60.2 Å². The largest absolute Gasteiger partial charge is 0.295 e. The van der Waals surface area contributed by atoms with Crippen molar-refractivity contribution < 1.29 is 4.79 Å². The topological polar surface area (TPSA) is 17.1 Å². The minimum atomic E-state index is 0.404. The predicted octanol–water partition coefficient (Wildman–Crippen LogP) is 8.62. The van der Waals surface area contributed by atoms with Gasteiger partial charge < -0.3 is 0 Å². The molecule has 0 aromatic heterocycles. The Morgan fingerprint density at radius 1 is 0.844 bits per heavy atom. The smallest absolute Gasteiger partial charge is 0.155 e. The molecule has 0 saturated heterocycles. The van der Waals surface area contributed by atoms with Crippen LogP contribution in [-0.4, -0.2) is 5.78 Å². The van der Waals surface area contributed by atoms with Crippen molar-refractivity contribution in [3.8, 4) is 0 Å². The summed E-state index contributed by atoms with van der Waals surface area (Å²) < 4.78 is 0. The lowest BCUT2D eigenvalue weighted by atomic mass is 9.42. The molecule has 9 atom stereocenters. The number of rotatable bonds is 5. The lowest BCUT2D eigenvalue weighted by Crippen LogP contribution is -2.55. The lowest BCUT2D eigenvalue weighted by molar-refractivity contribution is -0.126. The molecular formula is C31H50O. The van der Waals surface area contributed by atoms with Crippen molar-refractivity contribution in [2.24, 2.45) is 58.2 Å². The maximum Gasteiger partial charge on any atom is 0.155 e. The first-order chi connectivity index (χ1) is 15.2. The maximum atomic E-state index is 12.1. The number of ketones is 1. The fraction of sp³-hybridized carbons (Fsp3) is 0.903. The van der Waals surface area contributed by atoms with Gasteiger partial charge in [0.05, 0.1) is 0 Å². The Morgan fingerprint density at radius 2 is 1.59 bits per heavy atom. The first-order valence-corrected chi connectivity index (χ1v) is 14.5. The van der Waals surface area contributed by atoms with Crippen LogP contribution in [-0.2, 0) is 4.79 Å². The molecule has 0 heterocycles. The van der Waals surface area contributed by atoms with Crippen LogP contribution in [0.1, 0.15) is 118 Å². The van der Waals surface area contributed by atoms with Crippen LogP contribution in [0.25, 0.3) is 0 Å². The van der Waals surface area contributed by atoms with E-state index in [1.807, 2.05) is 0 Å². The summed E-state index contributed by atoms with van der Waals surface area (Å²) in [7, 11) is 0. The monoisotopic (exact) mass is 438 g/mol. The van der Waals surface area contributed by atoms with E-state index in [1.54, 1.807) is 5.57 Å². The van der Waals surface area contributed by atoms with Gasteiger partial charge in [0, 0.05) is 6.42 Å². The Labute approximate surface area is 198 Å². The molecule has 32 heavy (non-hydrogen) atoms. The molecule has 0 amide bonds. The van der Waals surface area contributed by atoms with Crippen LogP contribution >= 0.6 is 0 Å². The van der Waals surface area contributed by atoms with Crippen LogP contribution in [0.4, 0.5) is 0 Å². The standard InChI is InChI=1S/C31H50O/c1-20(2)7-6-8-21(3)26-13-14-28-25-11-12-27-24-10-9-23(32)19-22(24)15-17-31(27,5)29(25)16-18-30(26,28)4/h19-21,24-29H,6-18H2,1-5H3/t21-,24+,25+,26-,27-,28+,29+,30-,31+/m1/s1. The molecule has 180 valence electrons. The average molecular weight is 439 g/mol. The van der Waals surface area contributed by atoms with Crippen LogP contribution in [0, 0.1) is 58.2 Å². The molecule has 0 unspecified atom stereocenters. The molecule has 0 aromatic rings. The number of allylic oxidation sites excluding steroid dienone is 2. The van der Waals surface area contributed by atoms with Gasteiger partial charge in [-0.2, -0.15) is 0 Å². The molecule has 0 bridgehead atoms. The van der Waals surface area contributed by atoms with Crippen molar-refractivity contribution >= 4 is 5.78 Å². The minimum Gasteiger partial charge on any atom is -0.295 e. The molecule has 4 fully saturated rings. The summed E-state index contributed by atoms with van der Waals surface area (Å²) in [5.74, 6) is 7.65. The van der Waals surface area contributed by atoms with Crippen molar-refractivity contribution in [2.75, 3.05) is 0 Å². The minimum absolute atomic E-state index is 0.404. The SMILES string of the molecule is CC(C)CCC[C@@H](C)[C@H]1CC[C@H]2[C@@H]3CC[C@@H]4[C@H]5CCC(=O)C=C5CC[C@]4(C)[C@H]3CC[C@]12C. The van der Waals surface area contributed by atoms with Gasteiger partial charge in [-0.05, 0) is 122 Å². The third kappa shape index (κ3) is 3.67. The maximum absolute atomic E-state index is 12.1. The van der Waals surface area contributed by atoms with Gasteiger partial charge in [0.25, 0.3) is 0 Å². The summed E-state index contributed by atoms with van der Waals surface area (Å²) >= 11 is 0. The van der Waals surface area contributed by atoms with E-state index in [2.05, 4.69) is 40.7 Å². The zero-order chi connectivity index (χ0) is 22.7. The average Bonchev–Trinajstić information content (AvgIpc) is 3.10. The molecule has 1 nitrogen and oxygen atoms in total. The van der Waals surface area contributed by atoms with E-state index in [9.17, 15) is 4.79 Å². The van der Waals surface area contributed by atoms with E-state index in [0.29, 0.717) is 16.6 Å². The summed E-state index contributed by atoms with van der Waals surface area (Å²) in [6, 6.07) is 0. The van der Waals surface area contributed by atoms with Gasteiger partial charge in [0.1, 0.15) is 0 Å². The van der Waals surface area contributed by atoms with Crippen molar-refractivity contribution in [3.63, 3.8) is 0 Å². The van der Waals surface area contributed by atoms with E-state index < -0.39 is 0 Å². The molecule has 5 rings (SSSR count). The fourth-order valence-corrected chi connectivity index (χ4v) is 10.5. The second-order valence-electron chi connectivity index (χ2n) is 13.9. The number of hydrogen-bond donors (Lipinski definition) is 0. The third-order valence-corrected chi connectivity index (χ3v) is 12.1. The summed E-state index contributed by atoms with van der Waals surface area (Å²) in [6.45, 7) is 12.8. The summed E-state index contributed by atoms with van der Waals surface area (Å²) in [6.07, 6.45) is 19.8. The molecule has 5 aliphatic rings. The Bertz CT molecular complexity index is 748. The van der Waals surface area contributed by atoms with Crippen LogP contribution < -0.4 is 0 Å². The van der Waals surface area contributed by atoms with Crippen LogP contribution in [0.15, 0.2) is 11.6 Å². The normalized spacial score (nSPS) is 46.7. The molecular weight excluding hydrogens is 388 g/mol. The second kappa shape index (κ2) is 8.57. The van der Waals surface area contributed by atoms with Gasteiger partial charge in [-0.25, -0.2) is 0 Å². The highest BCUT2D eigenvalue weighted by atomic mass is 16.1. The zero-order valence-corrected chi connectivity index (χ0v) is 21.8. The fourth-order valence-electron chi connectivity index (χ4n) is 10.5. The quantitative estimate of drug-likeness (QED) is 0.420. The van der Waals surface area contributed by atoms with E-state index >= 15 is 0 Å². The third-order valence-electron chi connectivity index (χ3n) is 12.1. The van der Waals surface area contributed by atoms with Crippen LogP contribution in [0.2, 0.25) is 0 Å². The van der Waals surface area contributed by atoms with Gasteiger partial charge >= 0.3 is 0 Å². The lowest BCUT2D eigenvalue weighted by Gasteiger charge is -2.62. The van der Waals surface area contributed by atoms with Gasteiger partial charge in [-0.3, -0.25) is 4.79 Å². The molecule has 5 aliphatic carbocycles. The highest BCUT2D eigenvalue weighted by Gasteiger charge is 2.61. The Balaban J connectivity index is 1.32. The number of hydrogen-bond acceptors (Lipinski definition) is 1. The number of carbonyl (C=O) groups excluding carboxylic acids is 1. The first-order valence-electron chi connectivity index (χ1n) is 14.5. The molecule has 0 radical (unpaired) electrons. The highest BCUT2D eigenvalue weighted by molar-refractivity contribution is 5.91. The zero-order valence-electron chi connectivity index (χ0n) is 21.8. The Hall–Kier alpha value is -0.590. The van der Waals surface area contributed by atoms with E-state index in [1.165, 1.54) is 70.6 Å². The van der Waals surface area contributed by atoms with E-state index in [4.69, 9.17) is 0 Å². The van der Waals surface area contributed by atoms with Gasteiger partial charge in [0.15, 0.2) is 5.78 Å². The summed E-state index contributed by atoms with van der Waals surface area (Å²) in [4.78, 5) is 12.1. The molecule has 0 spiro atoms. The summed E-state index contributed by atoms with van der Waals surface area (Å²) in [5.41, 5.74) is 2.69. The van der Waals surface area contributed by atoms with Crippen molar-refractivity contribution in [2.45, 2.75) is 118 Å². The number of carbonyl (C=O) groups is 1. The van der Waals surface area contributed by atoms with Gasteiger partial charge in [-0.15, -0.1) is 0 Å². The molecule has 0 N–H and O–H groups in total. The number of fused-ring (bicyclic) bond motifs is 7. The van der Waals surface area contributed by atoms with Gasteiger partial charge in [-0.1, -0.05) is 59.5 Å². The molecule has 0 aliphatic heterocycles. The van der Waals surface area contributed by atoms with Crippen molar-refractivity contribution in [1.29, 1.82) is 0 Å². The second-order valence-corrected chi connectivity index (χ2v) is 13.9. The van der Waals surface area contributed by atoms with Crippen molar-refractivity contribution in [1.82, 2.24) is 0 Å². The van der Waals surface area contributed by atoms with Gasteiger partial charge in [0.2, 0.25) is 0 Å².